The lowest BCUT2D eigenvalue weighted by Gasteiger charge is -2.14. The Bertz CT molecular complexity index is 2000. The van der Waals surface area contributed by atoms with Crippen LogP contribution in [0, 0.1) is 12.7 Å². The molecule has 1 N–H and O–H groups in total. The molecule has 0 unspecified atom stereocenters. The van der Waals surface area contributed by atoms with E-state index in [-0.39, 0.29) is 34.0 Å². The van der Waals surface area contributed by atoms with Crippen LogP contribution in [0.3, 0.4) is 0 Å². The number of benzene rings is 3. The van der Waals surface area contributed by atoms with E-state index in [1.807, 2.05) is 30.3 Å². The molecule has 3 aromatic carbocycles. The minimum atomic E-state index is -0.667. The van der Waals surface area contributed by atoms with Crippen molar-refractivity contribution in [2.24, 2.45) is 7.05 Å². The highest BCUT2D eigenvalue weighted by Gasteiger charge is 2.21. The van der Waals surface area contributed by atoms with Crippen molar-refractivity contribution in [1.82, 2.24) is 19.5 Å². The summed E-state index contributed by atoms with van der Waals surface area (Å²) in [4.78, 5) is 38.2. The van der Waals surface area contributed by atoms with E-state index in [0.29, 0.717) is 27.8 Å². The number of aromatic nitrogens is 4. The molecule has 0 saturated heterocycles. The van der Waals surface area contributed by atoms with Crippen molar-refractivity contribution in [3.05, 3.63) is 117 Å². The summed E-state index contributed by atoms with van der Waals surface area (Å²) in [7, 11) is 1.77. The third-order valence-electron chi connectivity index (χ3n) is 7.04. The molecule has 0 aliphatic rings. The molecule has 0 saturated carbocycles. The molecule has 0 spiro atoms. The number of nitrogens with zero attached hydrogens (tertiary/aromatic N) is 3. The number of halogens is 2. The van der Waals surface area contributed by atoms with Crippen molar-refractivity contribution < 1.29 is 13.9 Å². The fraction of sp³-hybridized carbons (Fsp3) is 0.0968. The lowest BCUT2D eigenvalue weighted by Crippen LogP contribution is -2.23. The highest BCUT2D eigenvalue weighted by Crippen LogP contribution is 2.36. The molecule has 0 radical (unpaired) electrons. The first-order valence-electron chi connectivity index (χ1n) is 12.5. The SMILES string of the molecule is Cc1c(C(=O)Cc2ccc(Oc3ncnc4[nH]cc(-c5ccccc5)c34)c(F)c2)c(=O)c2c(Cl)cccc2n1C. The molecular formula is C31H22ClFN4O3. The van der Waals surface area contributed by atoms with Crippen molar-refractivity contribution >= 4 is 39.3 Å². The van der Waals surface area contributed by atoms with Gasteiger partial charge in [0.05, 0.1) is 26.9 Å². The number of nitrogens with one attached hydrogen (secondary N) is 1. The number of carbonyl (C=O) groups is 1. The first kappa shape index (κ1) is 25.5. The Hall–Kier alpha value is -4.82. The highest BCUT2D eigenvalue weighted by atomic mass is 35.5. The van der Waals surface area contributed by atoms with Gasteiger partial charge in [0.1, 0.15) is 12.0 Å². The number of ether oxygens (including phenoxy) is 1. The second kappa shape index (κ2) is 10.1. The standard InChI is InChI=1S/C31H22ClFN4O3/c1-17-26(29(39)28-21(32)9-6-10-23(28)37(17)2)24(38)14-18-11-12-25(22(33)13-18)40-31-27-20(19-7-4-3-5-8-19)15-34-30(27)35-16-36-31/h3-13,15-16H,14H2,1-2H3,(H,34,35,36). The molecule has 0 fully saturated rings. The number of Topliss-reactive ketones (excluding diaryl/α,β-unsaturated/α-hetero) is 1. The van der Waals surface area contributed by atoms with Crippen molar-refractivity contribution in [3.8, 4) is 22.8 Å². The van der Waals surface area contributed by atoms with E-state index in [1.54, 1.807) is 49.0 Å². The number of ketones is 1. The maximum Gasteiger partial charge on any atom is 0.232 e. The van der Waals surface area contributed by atoms with Crippen molar-refractivity contribution in [1.29, 1.82) is 0 Å². The molecule has 3 aromatic heterocycles. The Morgan fingerprint density at radius 2 is 1.85 bits per heavy atom. The number of hydrogen-bond donors (Lipinski definition) is 1. The first-order chi connectivity index (χ1) is 19.3. The number of hydrogen-bond acceptors (Lipinski definition) is 5. The topological polar surface area (TPSA) is 89.9 Å². The van der Waals surface area contributed by atoms with Crippen molar-refractivity contribution in [2.45, 2.75) is 13.3 Å². The van der Waals surface area contributed by atoms with Gasteiger partial charge in [0, 0.05) is 30.9 Å². The Kier molecular flexibility index (Phi) is 6.40. The van der Waals surface area contributed by atoms with E-state index in [4.69, 9.17) is 16.3 Å². The Labute approximate surface area is 232 Å². The number of carbonyl (C=O) groups excluding carboxylic acids is 1. The van der Waals surface area contributed by atoms with E-state index >= 15 is 4.39 Å². The molecule has 7 nitrogen and oxygen atoms in total. The zero-order chi connectivity index (χ0) is 28.0. The number of pyridine rings is 1. The quantitative estimate of drug-likeness (QED) is 0.230. The van der Waals surface area contributed by atoms with Crippen LogP contribution >= 0.6 is 11.6 Å². The molecule has 40 heavy (non-hydrogen) atoms. The number of aryl methyl sites for hydroxylation is 1. The monoisotopic (exact) mass is 552 g/mol. The predicted octanol–water partition coefficient (Wildman–Crippen LogP) is 6.80. The smallest absolute Gasteiger partial charge is 0.232 e. The van der Waals surface area contributed by atoms with Gasteiger partial charge in [0.15, 0.2) is 17.3 Å². The van der Waals surface area contributed by atoms with Crippen molar-refractivity contribution in [2.75, 3.05) is 0 Å². The van der Waals surface area contributed by atoms with Gasteiger partial charge in [-0.05, 0) is 42.3 Å². The lowest BCUT2D eigenvalue weighted by molar-refractivity contribution is 0.0990. The van der Waals surface area contributed by atoms with E-state index in [2.05, 4.69) is 15.0 Å². The van der Waals surface area contributed by atoms with Gasteiger partial charge in [-0.1, -0.05) is 54.1 Å². The minimum absolute atomic E-state index is 0.0353. The molecule has 0 atom stereocenters. The van der Waals surface area contributed by atoms with E-state index < -0.39 is 17.0 Å². The van der Waals surface area contributed by atoms with Crippen LogP contribution in [0.15, 0.2) is 84.0 Å². The summed E-state index contributed by atoms with van der Waals surface area (Å²) in [6.07, 6.45) is 2.97. The van der Waals surface area contributed by atoms with Gasteiger partial charge in [-0.2, -0.15) is 0 Å². The number of aromatic amines is 1. The Balaban J connectivity index is 1.31. The van der Waals surface area contributed by atoms with Crippen molar-refractivity contribution in [3.63, 3.8) is 0 Å². The van der Waals surface area contributed by atoms with Gasteiger partial charge in [-0.15, -0.1) is 0 Å². The summed E-state index contributed by atoms with van der Waals surface area (Å²) < 4.78 is 22.9. The van der Waals surface area contributed by atoms with Gasteiger partial charge < -0.3 is 14.3 Å². The van der Waals surface area contributed by atoms with Gasteiger partial charge in [-0.25, -0.2) is 14.4 Å². The van der Waals surface area contributed by atoms with Gasteiger partial charge in [0.25, 0.3) is 0 Å². The fourth-order valence-corrected chi connectivity index (χ4v) is 5.21. The lowest BCUT2D eigenvalue weighted by atomic mass is 9.99. The summed E-state index contributed by atoms with van der Waals surface area (Å²) in [5.74, 6) is -0.952. The average Bonchev–Trinajstić information content (AvgIpc) is 3.39. The van der Waals surface area contributed by atoms with Crippen LogP contribution in [0.1, 0.15) is 21.6 Å². The normalized spacial score (nSPS) is 11.3. The molecule has 6 rings (SSSR count). The van der Waals surface area contributed by atoms with Crippen LogP contribution in [0.2, 0.25) is 5.02 Å². The molecule has 198 valence electrons. The molecule has 0 bridgehead atoms. The zero-order valence-corrected chi connectivity index (χ0v) is 22.3. The second-order valence-corrected chi connectivity index (χ2v) is 9.83. The molecule has 0 amide bonds. The summed E-state index contributed by atoms with van der Waals surface area (Å²) >= 11 is 6.30. The Morgan fingerprint density at radius 1 is 1.05 bits per heavy atom. The number of rotatable bonds is 6. The molecule has 0 aliphatic heterocycles. The zero-order valence-electron chi connectivity index (χ0n) is 21.5. The van der Waals surface area contributed by atoms with E-state index in [9.17, 15) is 9.59 Å². The molecule has 0 aliphatic carbocycles. The van der Waals surface area contributed by atoms with E-state index in [0.717, 1.165) is 11.1 Å². The minimum Gasteiger partial charge on any atom is -0.435 e. The first-order valence-corrected chi connectivity index (χ1v) is 12.9. The third-order valence-corrected chi connectivity index (χ3v) is 7.35. The molecule has 3 heterocycles. The van der Waals surface area contributed by atoms with Crippen LogP contribution in [-0.2, 0) is 13.5 Å². The second-order valence-electron chi connectivity index (χ2n) is 9.42. The van der Waals surface area contributed by atoms with E-state index in [1.165, 1.54) is 18.5 Å². The van der Waals surface area contributed by atoms with Crippen LogP contribution in [0.5, 0.6) is 11.6 Å². The summed E-state index contributed by atoms with van der Waals surface area (Å²) in [6.45, 7) is 1.71. The third kappa shape index (κ3) is 4.32. The summed E-state index contributed by atoms with van der Waals surface area (Å²) in [5, 5.41) is 1.18. The molecular weight excluding hydrogens is 531 g/mol. The van der Waals surface area contributed by atoms with Crippen LogP contribution in [0.25, 0.3) is 33.1 Å². The summed E-state index contributed by atoms with van der Waals surface area (Å²) in [6, 6.07) is 19.1. The van der Waals surface area contributed by atoms with Gasteiger partial charge in [0.2, 0.25) is 11.3 Å². The van der Waals surface area contributed by atoms with Gasteiger partial charge >= 0.3 is 0 Å². The average molecular weight is 553 g/mol. The van der Waals surface area contributed by atoms with Gasteiger partial charge in [-0.3, -0.25) is 9.59 Å². The fourth-order valence-electron chi connectivity index (χ4n) is 4.96. The maximum atomic E-state index is 15.3. The highest BCUT2D eigenvalue weighted by molar-refractivity contribution is 6.35. The number of H-pyrrole nitrogens is 1. The predicted molar refractivity (Wildman–Crippen MR) is 153 cm³/mol. The Morgan fingerprint density at radius 3 is 2.62 bits per heavy atom. The van der Waals surface area contributed by atoms with Crippen LogP contribution < -0.4 is 10.2 Å². The van der Waals surface area contributed by atoms with Crippen LogP contribution in [-0.4, -0.2) is 25.3 Å². The summed E-state index contributed by atoms with van der Waals surface area (Å²) in [5.41, 5.74) is 3.45. The largest absolute Gasteiger partial charge is 0.435 e. The molecule has 6 aromatic rings. The van der Waals surface area contributed by atoms with Crippen LogP contribution in [0.4, 0.5) is 4.39 Å². The maximum absolute atomic E-state index is 15.3. The number of fused-ring (bicyclic) bond motifs is 2. The molecule has 9 heteroatoms.